The van der Waals surface area contributed by atoms with Crippen molar-refractivity contribution in [1.82, 2.24) is 9.97 Å². The Morgan fingerprint density at radius 2 is 1.94 bits per heavy atom. The molecule has 5 nitrogen and oxygen atoms in total. The Morgan fingerprint density at radius 3 is 2.61 bits per heavy atom. The van der Waals surface area contributed by atoms with E-state index in [0.717, 1.165) is 37.8 Å². The molecular weight excluding hydrogens is 228 g/mol. The van der Waals surface area contributed by atoms with E-state index < -0.39 is 0 Å². The SMILES string of the molecule is Cc1cnc(NCCOC2CCC(N)CC2)nc1. The van der Waals surface area contributed by atoms with E-state index in [1.165, 1.54) is 0 Å². The minimum absolute atomic E-state index is 0.379. The normalized spacial score (nSPS) is 23.9. The maximum Gasteiger partial charge on any atom is 0.222 e. The van der Waals surface area contributed by atoms with E-state index in [1.807, 2.05) is 6.92 Å². The van der Waals surface area contributed by atoms with E-state index in [1.54, 1.807) is 12.4 Å². The van der Waals surface area contributed by atoms with Crippen LogP contribution in [-0.2, 0) is 4.74 Å². The second kappa shape index (κ2) is 6.66. The van der Waals surface area contributed by atoms with Crippen molar-refractivity contribution in [2.24, 2.45) is 5.73 Å². The molecular formula is C13H22N4O. The highest BCUT2D eigenvalue weighted by Gasteiger charge is 2.18. The number of hydrogen-bond acceptors (Lipinski definition) is 5. The minimum Gasteiger partial charge on any atom is -0.376 e. The van der Waals surface area contributed by atoms with E-state index >= 15 is 0 Å². The first-order chi connectivity index (χ1) is 8.74. The number of anilines is 1. The third-order valence-corrected chi connectivity index (χ3v) is 3.24. The van der Waals surface area contributed by atoms with E-state index in [0.29, 0.717) is 24.7 Å². The summed E-state index contributed by atoms with van der Waals surface area (Å²) in [5.41, 5.74) is 6.92. The van der Waals surface area contributed by atoms with Gasteiger partial charge in [0.25, 0.3) is 0 Å². The van der Waals surface area contributed by atoms with Crippen LogP contribution in [0.25, 0.3) is 0 Å². The highest BCUT2D eigenvalue weighted by atomic mass is 16.5. The minimum atomic E-state index is 0.379. The van der Waals surface area contributed by atoms with Gasteiger partial charge < -0.3 is 15.8 Å². The van der Waals surface area contributed by atoms with Gasteiger partial charge in [-0.1, -0.05) is 0 Å². The van der Waals surface area contributed by atoms with Gasteiger partial charge in [-0.3, -0.25) is 0 Å². The third-order valence-electron chi connectivity index (χ3n) is 3.24. The summed E-state index contributed by atoms with van der Waals surface area (Å²) in [6.07, 6.45) is 8.32. The van der Waals surface area contributed by atoms with Crippen LogP contribution in [-0.4, -0.2) is 35.3 Å². The summed E-state index contributed by atoms with van der Waals surface area (Å²) in [4.78, 5) is 8.36. The lowest BCUT2D eigenvalue weighted by Gasteiger charge is -2.26. The average Bonchev–Trinajstić information content (AvgIpc) is 2.39. The molecule has 2 rings (SSSR count). The van der Waals surface area contributed by atoms with Crippen LogP contribution in [0.3, 0.4) is 0 Å². The van der Waals surface area contributed by atoms with E-state index in [4.69, 9.17) is 10.5 Å². The number of nitrogens with one attached hydrogen (secondary N) is 1. The van der Waals surface area contributed by atoms with Gasteiger partial charge in [0.2, 0.25) is 5.95 Å². The third kappa shape index (κ3) is 4.23. The molecule has 0 bridgehead atoms. The highest BCUT2D eigenvalue weighted by Crippen LogP contribution is 2.19. The van der Waals surface area contributed by atoms with Crippen molar-refractivity contribution < 1.29 is 4.74 Å². The Hall–Kier alpha value is -1.20. The van der Waals surface area contributed by atoms with Gasteiger partial charge in [0.15, 0.2) is 0 Å². The van der Waals surface area contributed by atoms with Crippen molar-refractivity contribution in [3.8, 4) is 0 Å². The topological polar surface area (TPSA) is 73.1 Å². The molecule has 5 heteroatoms. The first kappa shape index (κ1) is 13.2. The molecule has 1 aliphatic rings. The molecule has 0 atom stereocenters. The van der Waals surface area contributed by atoms with Gasteiger partial charge in [-0.05, 0) is 38.2 Å². The average molecular weight is 250 g/mol. The monoisotopic (exact) mass is 250 g/mol. The molecule has 1 aliphatic carbocycles. The quantitative estimate of drug-likeness (QED) is 0.774. The van der Waals surface area contributed by atoms with Gasteiger partial charge in [-0.25, -0.2) is 9.97 Å². The van der Waals surface area contributed by atoms with Crippen molar-refractivity contribution >= 4 is 5.95 Å². The molecule has 1 aromatic rings. The number of nitrogens with two attached hydrogens (primary N) is 1. The van der Waals surface area contributed by atoms with Crippen LogP contribution in [0.5, 0.6) is 0 Å². The molecule has 18 heavy (non-hydrogen) atoms. The molecule has 0 spiro atoms. The summed E-state index contributed by atoms with van der Waals surface area (Å²) < 4.78 is 5.80. The van der Waals surface area contributed by atoms with Crippen LogP contribution in [0, 0.1) is 6.92 Å². The van der Waals surface area contributed by atoms with Gasteiger partial charge in [-0.2, -0.15) is 0 Å². The molecule has 1 aromatic heterocycles. The first-order valence-electron chi connectivity index (χ1n) is 6.64. The molecule has 1 heterocycles. The predicted octanol–water partition coefficient (Wildman–Crippen LogP) is 1.48. The van der Waals surface area contributed by atoms with Gasteiger partial charge in [0.05, 0.1) is 12.7 Å². The summed E-state index contributed by atoms with van der Waals surface area (Å²) in [5, 5.41) is 3.15. The lowest BCUT2D eigenvalue weighted by Crippen LogP contribution is -2.31. The summed E-state index contributed by atoms with van der Waals surface area (Å²) in [6.45, 7) is 3.41. The number of aryl methyl sites for hydroxylation is 1. The van der Waals surface area contributed by atoms with Gasteiger partial charge >= 0.3 is 0 Å². The van der Waals surface area contributed by atoms with Gasteiger partial charge in [0, 0.05) is 25.0 Å². The summed E-state index contributed by atoms with van der Waals surface area (Å²) in [6, 6.07) is 0.379. The van der Waals surface area contributed by atoms with Crippen LogP contribution in [0.1, 0.15) is 31.2 Å². The zero-order valence-corrected chi connectivity index (χ0v) is 10.9. The smallest absolute Gasteiger partial charge is 0.222 e. The van der Waals surface area contributed by atoms with Crippen LogP contribution < -0.4 is 11.1 Å². The standard InChI is InChI=1S/C13H22N4O/c1-10-8-16-13(17-9-10)15-6-7-18-12-4-2-11(14)3-5-12/h8-9,11-12H,2-7,14H2,1H3,(H,15,16,17). The van der Waals surface area contributed by atoms with Crippen LogP contribution in [0.4, 0.5) is 5.95 Å². The Kier molecular flexibility index (Phi) is 4.90. The predicted molar refractivity (Wildman–Crippen MR) is 71.4 cm³/mol. The molecule has 0 aromatic carbocycles. The number of rotatable bonds is 5. The van der Waals surface area contributed by atoms with Crippen molar-refractivity contribution in [1.29, 1.82) is 0 Å². The fraction of sp³-hybridized carbons (Fsp3) is 0.692. The van der Waals surface area contributed by atoms with Gasteiger partial charge in [0.1, 0.15) is 0 Å². The Labute approximate surface area is 108 Å². The Bertz CT molecular complexity index is 347. The fourth-order valence-corrected chi connectivity index (χ4v) is 2.13. The number of ether oxygens (including phenoxy) is 1. The number of aromatic nitrogens is 2. The molecule has 100 valence electrons. The summed E-state index contributed by atoms with van der Waals surface area (Å²) in [5.74, 6) is 0.662. The zero-order valence-electron chi connectivity index (χ0n) is 10.9. The molecule has 0 saturated heterocycles. The van der Waals surface area contributed by atoms with Crippen LogP contribution in [0.15, 0.2) is 12.4 Å². The Morgan fingerprint density at radius 1 is 1.28 bits per heavy atom. The van der Waals surface area contributed by atoms with Crippen molar-refractivity contribution in [2.45, 2.75) is 44.8 Å². The molecule has 1 fully saturated rings. The molecule has 0 radical (unpaired) electrons. The molecule has 0 amide bonds. The van der Waals surface area contributed by atoms with Crippen LogP contribution in [0.2, 0.25) is 0 Å². The highest BCUT2D eigenvalue weighted by molar-refractivity contribution is 5.23. The lowest BCUT2D eigenvalue weighted by atomic mass is 9.94. The first-order valence-corrected chi connectivity index (χ1v) is 6.64. The van der Waals surface area contributed by atoms with Gasteiger partial charge in [-0.15, -0.1) is 0 Å². The second-order valence-electron chi connectivity index (χ2n) is 4.92. The maximum atomic E-state index is 5.86. The zero-order chi connectivity index (χ0) is 12.8. The van der Waals surface area contributed by atoms with E-state index in [9.17, 15) is 0 Å². The van der Waals surface area contributed by atoms with Crippen molar-refractivity contribution in [3.05, 3.63) is 18.0 Å². The Balaban J connectivity index is 1.60. The summed E-state index contributed by atoms with van der Waals surface area (Å²) in [7, 11) is 0. The number of nitrogens with zero attached hydrogens (tertiary/aromatic N) is 2. The number of hydrogen-bond donors (Lipinski definition) is 2. The molecule has 0 unspecified atom stereocenters. The van der Waals surface area contributed by atoms with E-state index in [2.05, 4.69) is 15.3 Å². The van der Waals surface area contributed by atoms with Crippen molar-refractivity contribution in [3.63, 3.8) is 0 Å². The lowest BCUT2D eigenvalue weighted by molar-refractivity contribution is 0.0312. The maximum absolute atomic E-state index is 5.86. The van der Waals surface area contributed by atoms with Crippen LogP contribution >= 0.6 is 0 Å². The summed E-state index contributed by atoms with van der Waals surface area (Å²) >= 11 is 0. The largest absolute Gasteiger partial charge is 0.376 e. The molecule has 1 saturated carbocycles. The molecule has 3 N–H and O–H groups in total. The fourth-order valence-electron chi connectivity index (χ4n) is 2.13. The van der Waals surface area contributed by atoms with E-state index in [-0.39, 0.29) is 0 Å². The van der Waals surface area contributed by atoms with Crippen molar-refractivity contribution in [2.75, 3.05) is 18.5 Å². The second-order valence-corrected chi connectivity index (χ2v) is 4.92. The molecule has 0 aliphatic heterocycles.